The number of hydrogen-bond acceptors (Lipinski definition) is 9. The van der Waals surface area contributed by atoms with Gasteiger partial charge in [-0.05, 0) is 80.3 Å². The second-order valence-electron chi connectivity index (χ2n) is 9.88. The van der Waals surface area contributed by atoms with E-state index in [0.717, 1.165) is 25.7 Å². The first-order valence-electron chi connectivity index (χ1n) is 14.6. The van der Waals surface area contributed by atoms with E-state index in [1.54, 1.807) is 52.3 Å². The number of hydrazone groups is 2. The number of rotatable bonds is 16. The predicted octanol–water partition coefficient (Wildman–Crippen LogP) is 5.60. The third kappa shape index (κ3) is 9.55. The van der Waals surface area contributed by atoms with E-state index in [4.69, 9.17) is 18.9 Å². The van der Waals surface area contributed by atoms with Gasteiger partial charge in [-0.1, -0.05) is 26.7 Å². The van der Waals surface area contributed by atoms with Crippen molar-refractivity contribution >= 4 is 24.2 Å². The minimum atomic E-state index is -0.511. The summed E-state index contributed by atoms with van der Waals surface area (Å²) in [5.41, 5.74) is 7.75. The Morgan fingerprint density at radius 3 is 1.52 bits per heavy atom. The van der Waals surface area contributed by atoms with Crippen molar-refractivity contribution in [1.82, 2.24) is 15.8 Å². The molecule has 0 fully saturated rings. The number of aryl methyl sites for hydroxylation is 2. The molecular weight excluding hydrogens is 562 g/mol. The predicted molar refractivity (Wildman–Crippen MR) is 171 cm³/mol. The van der Waals surface area contributed by atoms with Gasteiger partial charge in [0.1, 0.15) is 0 Å². The molecule has 234 valence electrons. The number of hydrogen-bond donors (Lipinski definition) is 2. The zero-order valence-corrected chi connectivity index (χ0v) is 26.2. The average molecular weight is 604 g/mol. The van der Waals surface area contributed by atoms with Crippen molar-refractivity contribution in [2.24, 2.45) is 10.2 Å². The number of amides is 2. The minimum Gasteiger partial charge on any atom is -0.493 e. The Morgan fingerprint density at radius 1 is 0.705 bits per heavy atom. The van der Waals surface area contributed by atoms with Crippen LogP contribution in [0.25, 0.3) is 0 Å². The number of pyridine rings is 1. The van der Waals surface area contributed by atoms with Gasteiger partial charge < -0.3 is 18.9 Å². The lowest BCUT2D eigenvalue weighted by Crippen LogP contribution is -2.23. The largest absolute Gasteiger partial charge is 0.493 e. The molecule has 0 spiro atoms. The van der Waals surface area contributed by atoms with Crippen LogP contribution < -0.4 is 29.8 Å². The van der Waals surface area contributed by atoms with Crippen LogP contribution in [0.3, 0.4) is 0 Å². The van der Waals surface area contributed by atoms with Crippen LogP contribution in [0.15, 0.2) is 52.7 Å². The zero-order chi connectivity index (χ0) is 31.9. The van der Waals surface area contributed by atoms with Crippen molar-refractivity contribution in [3.05, 3.63) is 76.1 Å². The number of nitrogens with zero attached hydrogens (tertiary/aromatic N) is 3. The molecule has 1 heterocycles. The molecule has 0 saturated heterocycles. The Hall–Kier alpha value is -4.93. The highest BCUT2D eigenvalue weighted by Gasteiger charge is 2.17. The van der Waals surface area contributed by atoms with E-state index in [-0.39, 0.29) is 11.1 Å². The summed E-state index contributed by atoms with van der Waals surface area (Å²) < 4.78 is 22.4. The molecule has 3 rings (SSSR count). The lowest BCUT2D eigenvalue weighted by atomic mass is 10.1. The quantitative estimate of drug-likeness (QED) is 0.124. The first-order chi connectivity index (χ1) is 21.3. The second kappa shape index (κ2) is 17.3. The molecule has 2 amide bonds. The van der Waals surface area contributed by atoms with Crippen molar-refractivity contribution in [3.63, 3.8) is 0 Å². The van der Waals surface area contributed by atoms with Gasteiger partial charge in [-0.15, -0.1) is 0 Å². The standard InChI is InChI=1S/C33H41N5O6/c1-7-9-15-43-28-13-11-24(17-30(28)41-5)20-34-37-32(39)26-19-27(23(4)36-22(26)3)33(40)38-35-21-25-12-14-29(31(18-25)42-6)44-16-10-8-2/h11-14,17-21H,7-10,15-16H2,1-6H3,(H,37,39)(H,38,40)/b34-20+,35-21+. The number of carbonyl (C=O) groups excluding carboxylic acids is 2. The molecule has 0 saturated carbocycles. The van der Waals surface area contributed by atoms with Crippen LogP contribution in [0.5, 0.6) is 23.0 Å². The second-order valence-corrected chi connectivity index (χ2v) is 9.88. The van der Waals surface area contributed by atoms with E-state index >= 15 is 0 Å². The summed E-state index contributed by atoms with van der Waals surface area (Å²) >= 11 is 0. The summed E-state index contributed by atoms with van der Waals surface area (Å²) in [6, 6.07) is 12.2. The van der Waals surface area contributed by atoms with Crippen LogP contribution in [0.1, 0.15) is 82.8 Å². The molecule has 0 radical (unpaired) electrons. The maximum atomic E-state index is 12.9. The Bertz CT molecular complexity index is 1380. The molecule has 2 N–H and O–H groups in total. The normalized spacial score (nSPS) is 11.0. The smallest absolute Gasteiger partial charge is 0.273 e. The number of unbranched alkanes of at least 4 members (excludes halogenated alkanes) is 2. The van der Waals surface area contributed by atoms with Gasteiger partial charge in [-0.3, -0.25) is 14.6 Å². The molecule has 0 atom stereocenters. The van der Waals surface area contributed by atoms with E-state index in [9.17, 15) is 9.59 Å². The van der Waals surface area contributed by atoms with Gasteiger partial charge in [-0.25, -0.2) is 10.9 Å². The van der Waals surface area contributed by atoms with Crippen molar-refractivity contribution in [1.29, 1.82) is 0 Å². The number of ether oxygens (including phenoxy) is 4. The Labute approximate surface area is 258 Å². The number of methoxy groups -OCH3 is 2. The van der Waals surface area contributed by atoms with Crippen LogP contribution in [-0.2, 0) is 0 Å². The summed E-state index contributed by atoms with van der Waals surface area (Å²) in [4.78, 5) is 30.3. The molecule has 1 aromatic heterocycles. The van der Waals surface area contributed by atoms with Crippen molar-refractivity contribution in [2.75, 3.05) is 27.4 Å². The van der Waals surface area contributed by atoms with Crippen LogP contribution in [0, 0.1) is 13.8 Å². The van der Waals surface area contributed by atoms with E-state index in [2.05, 4.69) is 39.9 Å². The first kappa shape index (κ1) is 33.6. The molecule has 0 aliphatic rings. The van der Waals surface area contributed by atoms with Crippen LogP contribution in [0.2, 0.25) is 0 Å². The Kier molecular flexibility index (Phi) is 13.2. The monoisotopic (exact) mass is 603 g/mol. The lowest BCUT2D eigenvalue weighted by Gasteiger charge is -2.11. The van der Waals surface area contributed by atoms with E-state index in [0.29, 0.717) is 58.7 Å². The summed E-state index contributed by atoms with van der Waals surface area (Å²) in [5, 5.41) is 8.14. The fourth-order valence-corrected chi connectivity index (χ4v) is 4.06. The third-order valence-electron chi connectivity index (χ3n) is 6.54. The molecule has 3 aromatic rings. The molecule has 0 bridgehead atoms. The van der Waals surface area contributed by atoms with Crippen molar-refractivity contribution < 1.29 is 28.5 Å². The Morgan fingerprint density at radius 2 is 1.14 bits per heavy atom. The zero-order valence-electron chi connectivity index (χ0n) is 26.2. The average Bonchev–Trinajstić information content (AvgIpc) is 3.02. The molecule has 0 aliphatic heterocycles. The molecule has 2 aromatic carbocycles. The van der Waals surface area contributed by atoms with Crippen LogP contribution in [0.4, 0.5) is 0 Å². The van der Waals surface area contributed by atoms with Gasteiger partial charge in [0.05, 0.1) is 62.4 Å². The SMILES string of the molecule is CCCCOc1ccc(/C=N/NC(=O)c2cc(C(=O)N/N=C/c3ccc(OCCCC)c(OC)c3)c(C)nc2C)cc1OC. The molecular formula is C33H41N5O6. The van der Waals surface area contributed by atoms with E-state index in [1.165, 1.54) is 18.5 Å². The van der Waals surface area contributed by atoms with Crippen molar-refractivity contribution in [2.45, 2.75) is 53.4 Å². The molecule has 11 heteroatoms. The van der Waals surface area contributed by atoms with Crippen LogP contribution in [-0.4, -0.2) is 56.7 Å². The first-order valence-corrected chi connectivity index (χ1v) is 14.6. The van der Waals surface area contributed by atoms with Gasteiger partial charge in [0, 0.05) is 0 Å². The topological polar surface area (TPSA) is 133 Å². The molecule has 11 nitrogen and oxygen atoms in total. The molecule has 0 unspecified atom stereocenters. The molecule has 0 aliphatic carbocycles. The number of aromatic nitrogens is 1. The fourth-order valence-electron chi connectivity index (χ4n) is 4.06. The third-order valence-corrected chi connectivity index (χ3v) is 6.54. The van der Waals surface area contributed by atoms with Gasteiger partial charge in [0.25, 0.3) is 11.8 Å². The maximum absolute atomic E-state index is 12.9. The van der Waals surface area contributed by atoms with E-state index in [1.807, 2.05) is 12.1 Å². The van der Waals surface area contributed by atoms with Gasteiger partial charge in [0.2, 0.25) is 0 Å². The highest BCUT2D eigenvalue weighted by molar-refractivity contribution is 6.01. The minimum absolute atomic E-state index is 0.211. The van der Waals surface area contributed by atoms with Gasteiger partial charge in [0.15, 0.2) is 23.0 Å². The van der Waals surface area contributed by atoms with Gasteiger partial charge in [-0.2, -0.15) is 10.2 Å². The lowest BCUT2D eigenvalue weighted by molar-refractivity contribution is 0.0954. The highest BCUT2D eigenvalue weighted by atomic mass is 16.5. The highest BCUT2D eigenvalue weighted by Crippen LogP contribution is 2.28. The Balaban J connectivity index is 1.65. The van der Waals surface area contributed by atoms with Crippen molar-refractivity contribution in [3.8, 4) is 23.0 Å². The fraction of sp³-hybridized carbons (Fsp3) is 0.364. The molecule has 44 heavy (non-hydrogen) atoms. The van der Waals surface area contributed by atoms with Crippen LogP contribution >= 0.6 is 0 Å². The summed E-state index contributed by atoms with van der Waals surface area (Å²) in [6.45, 7) is 8.78. The maximum Gasteiger partial charge on any atom is 0.273 e. The number of nitrogens with one attached hydrogen (secondary N) is 2. The summed E-state index contributed by atoms with van der Waals surface area (Å²) in [7, 11) is 3.13. The number of benzene rings is 2. The summed E-state index contributed by atoms with van der Waals surface area (Å²) in [5.74, 6) is 1.40. The summed E-state index contributed by atoms with van der Waals surface area (Å²) in [6.07, 6.45) is 6.94. The van der Waals surface area contributed by atoms with E-state index < -0.39 is 11.8 Å². The number of carbonyl (C=O) groups is 2. The van der Waals surface area contributed by atoms with Gasteiger partial charge >= 0.3 is 0 Å².